The minimum atomic E-state index is -0.318. The number of carbonyl (C=O) groups excluding carboxylic acids is 1. The van der Waals surface area contributed by atoms with E-state index in [0.717, 1.165) is 12.2 Å². The first-order valence-corrected chi connectivity index (χ1v) is 6.21. The molecule has 1 aromatic rings. The average molecular weight is 255 g/mol. The van der Waals surface area contributed by atoms with Gasteiger partial charge in [0, 0.05) is 19.0 Å². The fraction of sp³-hybridized carbons (Fsp3) is 0.615. The van der Waals surface area contributed by atoms with Crippen molar-refractivity contribution in [1.82, 2.24) is 5.32 Å². The van der Waals surface area contributed by atoms with Gasteiger partial charge in [0.25, 0.3) is 0 Å². The maximum Gasteiger partial charge on any atom is 0.332 e. The maximum absolute atomic E-state index is 11.0. The van der Waals surface area contributed by atoms with Crippen molar-refractivity contribution in [2.24, 2.45) is 0 Å². The summed E-state index contributed by atoms with van der Waals surface area (Å²) in [4.78, 5) is 11.0. The fourth-order valence-corrected chi connectivity index (χ4v) is 1.54. The van der Waals surface area contributed by atoms with Crippen molar-refractivity contribution in [3.8, 4) is 0 Å². The Kier molecular flexibility index (Phi) is 7.13. The Bertz CT molecular complexity index is 324. The lowest BCUT2D eigenvalue weighted by molar-refractivity contribution is -0.148. The van der Waals surface area contributed by atoms with E-state index in [1.807, 2.05) is 12.1 Å². The van der Waals surface area contributed by atoms with Gasteiger partial charge in [0.1, 0.15) is 12.4 Å². The van der Waals surface area contributed by atoms with E-state index in [0.29, 0.717) is 25.8 Å². The third kappa shape index (κ3) is 6.42. The molecule has 1 N–H and O–H groups in total. The smallest absolute Gasteiger partial charge is 0.332 e. The first-order chi connectivity index (χ1) is 8.72. The van der Waals surface area contributed by atoms with Crippen molar-refractivity contribution in [2.75, 3.05) is 26.4 Å². The van der Waals surface area contributed by atoms with Gasteiger partial charge in [-0.25, -0.2) is 4.79 Å². The van der Waals surface area contributed by atoms with Gasteiger partial charge in [-0.1, -0.05) is 0 Å². The second-order valence-electron chi connectivity index (χ2n) is 4.00. The molecular weight excluding hydrogens is 234 g/mol. The summed E-state index contributed by atoms with van der Waals surface area (Å²) in [5, 5.41) is 3.29. The molecule has 0 spiro atoms. The molecule has 5 heteroatoms. The summed E-state index contributed by atoms with van der Waals surface area (Å²) in [6.45, 7) is 5.44. The highest BCUT2D eigenvalue weighted by Gasteiger charge is 2.05. The van der Waals surface area contributed by atoms with Gasteiger partial charge in [0.2, 0.25) is 0 Å². The van der Waals surface area contributed by atoms with Crippen LogP contribution < -0.4 is 5.32 Å². The summed E-state index contributed by atoms with van der Waals surface area (Å²) in [5.41, 5.74) is 0. The number of carbonyl (C=O) groups is 1. The fourth-order valence-electron chi connectivity index (χ4n) is 1.54. The van der Waals surface area contributed by atoms with Crippen LogP contribution in [-0.4, -0.2) is 38.4 Å². The molecular formula is C13H21NO4. The molecule has 0 aromatic carbocycles. The van der Waals surface area contributed by atoms with E-state index in [-0.39, 0.29) is 12.6 Å². The monoisotopic (exact) mass is 255 g/mol. The van der Waals surface area contributed by atoms with Crippen LogP contribution in [0.4, 0.5) is 0 Å². The minimum absolute atomic E-state index is 0.0160. The van der Waals surface area contributed by atoms with Crippen LogP contribution in [0.15, 0.2) is 22.8 Å². The quantitative estimate of drug-likeness (QED) is 0.533. The molecule has 0 aliphatic rings. The van der Waals surface area contributed by atoms with Crippen LogP contribution in [-0.2, 0) is 20.7 Å². The molecule has 0 radical (unpaired) electrons. The molecule has 1 atom stereocenters. The number of ether oxygens (including phenoxy) is 2. The molecule has 0 saturated carbocycles. The number of hydrogen-bond donors (Lipinski definition) is 1. The molecule has 0 bridgehead atoms. The van der Waals surface area contributed by atoms with Gasteiger partial charge >= 0.3 is 5.97 Å². The van der Waals surface area contributed by atoms with E-state index < -0.39 is 0 Å². The van der Waals surface area contributed by atoms with E-state index in [1.165, 1.54) is 0 Å². The molecule has 1 rings (SSSR count). The van der Waals surface area contributed by atoms with Gasteiger partial charge in [0.15, 0.2) is 0 Å². The van der Waals surface area contributed by atoms with E-state index in [4.69, 9.17) is 13.9 Å². The second kappa shape index (κ2) is 8.72. The normalized spacial score (nSPS) is 12.3. The number of esters is 1. The van der Waals surface area contributed by atoms with Crippen LogP contribution in [0.1, 0.15) is 19.6 Å². The molecule has 0 aliphatic carbocycles. The van der Waals surface area contributed by atoms with Crippen LogP contribution in [0.25, 0.3) is 0 Å². The highest BCUT2D eigenvalue weighted by atomic mass is 16.6. The summed E-state index contributed by atoms with van der Waals surface area (Å²) in [6.07, 6.45) is 2.51. The van der Waals surface area contributed by atoms with Crippen LogP contribution in [0.2, 0.25) is 0 Å². The van der Waals surface area contributed by atoms with Crippen molar-refractivity contribution in [3.05, 3.63) is 24.2 Å². The van der Waals surface area contributed by atoms with Crippen molar-refractivity contribution < 1.29 is 18.7 Å². The largest absolute Gasteiger partial charge is 0.469 e. The topological polar surface area (TPSA) is 60.7 Å². The van der Waals surface area contributed by atoms with Crippen molar-refractivity contribution >= 4 is 5.97 Å². The van der Waals surface area contributed by atoms with Crippen molar-refractivity contribution in [1.29, 1.82) is 0 Å². The molecule has 0 saturated heterocycles. The lowest BCUT2D eigenvalue weighted by atomic mass is 10.2. The minimum Gasteiger partial charge on any atom is -0.469 e. The van der Waals surface area contributed by atoms with Crippen molar-refractivity contribution in [3.63, 3.8) is 0 Å². The second-order valence-corrected chi connectivity index (χ2v) is 4.00. The van der Waals surface area contributed by atoms with Gasteiger partial charge in [-0.2, -0.15) is 0 Å². The highest BCUT2D eigenvalue weighted by Crippen LogP contribution is 2.03. The zero-order valence-corrected chi connectivity index (χ0v) is 11.0. The molecule has 1 unspecified atom stereocenters. The van der Waals surface area contributed by atoms with Gasteiger partial charge in [0.05, 0.1) is 19.5 Å². The molecule has 0 aliphatic heterocycles. The highest BCUT2D eigenvalue weighted by molar-refractivity contribution is 5.70. The van der Waals surface area contributed by atoms with E-state index in [9.17, 15) is 4.79 Å². The third-order valence-corrected chi connectivity index (χ3v) is 2.35. The SMILES string of the molecule is CCOC(=O)COCCNC(C)Cc1ccco1. The van der Waals surface area contributed by atoms with Crippen LogP contribution in [0, 0.1) is 0 Å². The number of furan rings is 1. The standard InChI is InChI=1S/C13H21NO4/c1-3-17-13(15)10-16-8-6-14-11(2)9-12-5-4-7-18-12/h4-5,7,11,14H,3,6,8-10H2,1-2H3. The van der Waals surface area contributed by atoms with Gasteiger partial charge in [-0.05, 0) is 26.0 Å². The molecule has 0 fully saturated rings. The van der Waals surface area contributed by atoms with E-state index >= 15 is 0 Å². The lowest BCUT2D eigenvalue weighted by Crippen LogP contribution is -2.31. The van der Waals surface area contributed by atoms with Gasteiger partial charge < -0.3 is 19.2 Å². The summed E-state index contributed by atoms with van der Waals surface area (Å²) in [6, 6.07) is 4.14. The predicted octanol–water partition coefficient (Wildman–Crippen LogP) is 1.38. The van der Waals surface area contributed by atoms with Crippen molar-refractivity contribution in [2.45, 2.75) is 26.3 Å². The molecule has 0 amide bonds. The Hall–Kier alpha value is -1.33. The van der Waals surface area contributed by atoms with Gasteiger partial charge in [-0.3, -0.25) is 0 Å². The number of rotatable bonds is 9. The summed E-state index contributed by atoms with van der Waals surface area (Å²) >= 11 is 0. The Morgan fingerprint density at radius 2 is 2.39 bits per heavy atom. The van der Waals surface area contributed by atoms with Gasteiger partial charge in [-0.15, -0.1) is 0 Å². The molecule has 102 valence electrons. The maximum atomic E-state index is 11.0. The predicted molar refractivity (Wildman–Crippen MR) is 67.3 cm³/mol. The zero-order valence-electron chi connectivity index (χ0n) is 11.0. The van der Waals surface area contributed by atoms with E-state index in [1.54, 1.807) is 13.2 Å². The summed E-state index contributed by atoms with van der Waals surface area (Å²) in [5.74, 6) is 0.642. The van der Waals surface area contributed by atoms with Crippen LogP contribution >= 0.6 is 0 Å². The molecule has 18 heavy (non-hydrogen) atoms. The Morgan fingerprint density at radius 1 is 1.56 bits per heavy atom. The third-order valence-electron chi connectivity index (χ3n) is 2.35. The number of nitrogens with one attached hydrogen (secondary N) is 1. The molecule has 1 heterocycles. The number of hydrogen-bond acceptors (Lipinski definition) is 5. The lowest BCUT2D eigenvalue weighted by Gasteiger charge is -2.12. The van der Waals surface area contributed by atoms with Crippen LogP contribution in [0.5, 0.6) is 0 Å². The molecule has 5 nitrogen and oxygen atoms in total. The first-order valence-electron chi connectivity index (χ1n) is 6.21. The summed E-state index contributed by atoms with van der Waals surface area (Å²) < 4.78 is 15.2. The Labute approximate surface area is 107 Å². The summed E-state index contributed by atoms with van der Waals surface area (Å²) in [7, 11) is 0. The Morgan fingerprint density at radius 3 is 3.06 bits per heavy atom. The first kappa shape index (κ1) is 14.7. The van der Waals surface area contributed by atoms with Crippen LogP contribution in [0.3, 0.4) is 0 Å². The zero-order chi connectivity index (χ0) is 13.2. The average Bonchev–Trinajstić information content (AvgIpc) is 2.81. The van der Waals surface area contributed by atoms with E-state index in [2.05, 4.69) is 12.2 Å². The molecule has 1 aromatic heterocycles. The Balaban J connectivity index is 1.99.